The zero-order valence-corrected chi connectivity index (χ0v) is 15.4. The van der Waals surface area contributed by atoms with Crippen LogP contribution in [-0.2, 0) is 18.1 Å². The number of hydrogen-bond acceptors (Lipinski definition) is 5. The molecule has 0 N–H and O–H groups in total. The quantitative estimate of drug-likeness (QED) is 0.548. The van der Waals surface area contributed by atoms with E-state index in [-0.39, 0.29) is 6.61 Å². The van der Waals surface area contributed by atoms with Crippen LogP contribution in [0.3, 0.4) is 0 Å². The Morgan fingerprint density at radius 1 is 1.12 bits per heavy atom. The Bertz CT molecular complexity index is 668. The lowest BCUT2D eigenvalue weighted by atomic mass is 10.2. The molecule has 1 aromatic heterocycles. The van der Waals surface area contributed by atoms with Gasteiger partial charge in [-0.15, -0.1) is 0 Å². The average molecular weight is 348 g/mol. The van der Waals surface area contributed by atoms with Gasteiger partial charge in [0.2, 0.25) is 0 Å². The number of aromatic nitrogens is 1. The maximum absolute atomic E-state index is 12.7. The zero-order chi connectivity index (χ0) is 18.7. The molecule has 0 aliphatic rings. The molecule has 0 atom stereocenters. The van der Waals surface area contributed by atoms with Crippen molar-refractivity contribution < 1.29 is 18.7 Å². The minimum Gasteiger partial charge on any atom is -0.496 e. The number of methoxy groups -OCH3 is 2. The number of aryl methyl sites for hydroxylation is 1. The molecule has 6 heteroatoms. The van der Waals surface area contributed by atoms with Gasteiger partial charge in [-0.2, -0.15) is 0 Å². The average Bonchev–Trinajstić information content (AvgIpc) is 2.66. The summed E-state index contributed by atoms with van der Waals surface area (Å²) < 4.78 is 23.3. The summed E-state index contributed by atoms with van der Waals surface area (Å²) in [5.74, 6) is 1.32. The summed E-state index contributed by atoms with van der Waals surface area (Å²) in [6.45, 7) is 5.45. The lowest BCUT2D eigenvalue weighted by Gasteiger charge is -2.11. The second-order valence-corrected chi connectivity index (χ2v) is 4.82. The van der Waals surface area contributed by atoms with Crippen LogP contribution in [0.25, 0.3) is 0 Å². The first-order chi connectivity index (χ1) is 12.2. The lowest BCUT2D eigenvalue weighted by Crippen LogP contribution is -1.98. The molecule has 2 aromatic rings. The molecule has 136 valence electrons. The number of nitrogens with zero attached hydrogens (tertiary/aromatic N) is 2. The van der Waals surface area contributed by atoms with E-state index in [4.69, 9.17) is 14.3 Å². The van der Waals surface area contributed by atoms with Crippen molar-refractivity contribution in [1.82, 2.24) is 4.98 Å². The van der Waals surface area contributed by atoms with E-state index in [1.54, 1.807) is 33.3 Å². The summed E-state index contributed by atoms with van der Waals surface area (Å²) in [6.07, 6.45) is 1.45. The van der Waals surface area contributed by atoms with E-state index in [1.807, 2.05) is 32.0 Å². The van der Waals surface area contributed by atoms with Crippen LogP contribution in [0.5, 0.6) is 11.5 Å². The number of halogens is 1. The number of pyridine rings is 1. The van der Waals surface area contributed by atoms with Crippen LogP contribution in [-0.4, -0.2) is 25.4 Å². The predicted molar refractivity (Wildman–Crippen MR) is 97.1 cm³/mol. The first kappa shape index (κ1) is 20.4. The SMILES string of the molecule is CC.COc1cccc(OC)c1CO/N=C/c1cc(CF)cc(C)n1. The molecular formula is C19H25FN2O3. The smallest absolute Gasteiger partial charge is 0.149 e. The van der Waals surface area contributed by atoms with Crippen LogP contribution in [0.4, 0.5) is 4.39 Å². The first-order valence-corrected chi connectivity index (χ1v) is 8.06. The predicted octanol–water partition coefficient (Wildman–Crippen LogP) is 4.45. The van der Waals surface area contributed by atoms with Crippen LogP contribution in [0.2, 0.25) is 0 Å². The highest BCUT2D eigenvalue weighted by molar-refractivity contribution is 5.76. The second kappa shape index (κ2) is 11.0. The van der Waals surface area contributed by atoms with Crippen molar-refractivity contribution in [3.8, 4) is 11.5 Å². The molecule has 0 amide bonds. The van der Waals surface area contributed by atoms with Crippen molar-refractivity contribution in [3.05, 3.63) is 52.8 Å². The van der Waals surface area contributed by atoms with Gasteiger partial charge in [-0.05, 0) is 36.8 Å². The van der Waals surface area contributed by atoms with Gasteiger partial charge in [0.15, 0.2) is 0 Å². The Hall–Kier alpha value is -2.63. The molecule has 1 heterocycles. The Balaban J connectivity index is 0.00000151. The number of ether oxygens (including phenoxy) is 2. The highest BCUT2D eigenvalue weighted by atomic mass is 19.1. The van der Waals surface area contributed by atoms with Crippen molar-refractivity contribution in [2.24, 2.45) is 5.16 Å². The van der Waals surface area contributed by atoms with Gasteiger partial charge in [-0.25, -0.2) is 4.39 Å². The first-order valence-electron chi connectivity index (χ1n) is 8.06. The second-order valence-electron chi connectivity index (χ2n) is 4.82. The van der Waals surface area contributed by atoms with Crippen LogP contribution < -0.4 is 9.47 Å². The summed E-state index contributed by atoms with van der Waals surface area (Å²) in [7, 11) is 3.16. The summed E-state index contributed by atoms with van der Waals surface area (Å²) in [5, 5.41) is 3.88. The van der Waals surface area contributed by atoms with Gasteiger partial charge >= 0.3 is 0 Å². The van der Waals surface area contributed by atoms with Crippen molar-refractivity contribution >= 4 is 6.21 Å². The van der Waals surface area contributed by atoms with Gasteiger partial charge < -0.3 is 14.3 Å². The van der Waals surface area contributed by atoms with E-state index >= 15 is 0 Å². The molecule has 0 saturated heterocycles. The summed E-state index contributed by atoms with van der Waals surface area (Å²) in [4.78, 5) is 9.55. The molecule has 0 radical (unpaired) electrons. The summed E-state index contributed by atoms with van der Waals surface area (Å²) in [6, 6.07) is 8.79. The topological polar surface area (TPSA) is 52.9 Å². The van der Waals surface area contributed by atoms with E-state index in [9.17, 15) is 4.39 Å². The molecule has 25 heavy (non-hydrogen) atoms. The molecular weight excluding hydrogens is 323 g/mol. The lowest BCUT2D eigenvalue weighted by molar-refractivity contribution is 0.127. The molecule has 0 bridgehead atoms. The molecule has 0 unspecified atom stereocenters. The van der Waals surface area contributed by atoms with Gasteiger partial charge in [-0.1, -0.05) is 25.1 Å². The zero-order valence-electron chi connectivity index (χ0n) is 15.4. The molecule has 0 spiro atoms. The fourth-order valence-corrected chi connectivity index (χ4v) is 2.17. The van der Waals surface area contributed by atoms with Crippen molar-refractivity contribution in [1.29, 1.82) is 0 Å². The van der Waals surface area contributed by atoms with Crippen LogP contribution in [0.1, 0.15) is 36.4 Å². The Morgan fingerprint density at radius 2 is 1.76 bits per heavy atom. The van der Waals surface area contributed by atoms with Gasteiger partial charge in [0.1, 0.15) is 24.8 Å². The molecule has 0 fully saturated rings. The number of hydrogen-bond donors (Lipinski definition) is 0. The Kier molecular flexibility index (Phi) is 9.00. The van der Waals surface area contributed by atoms with E-state index < -0.39 is 6.67 Å². The van der Waals surface area contributed by atoms with E-state index in [0.29, 0.717) is 22.8 Å². The highest BCUT2D eigenvalue weighted by Gasteiger charge is 2.10. The van der Waals surface area contributed by atoms with E-state index in [0.717, 1.165) is 11.3 Å². The molecule has 0 aliphatic carbocycles. The third kappa shape index (κ3) is 6.06. The Morgan fingerprint density at radius 3 is 2.32 bits per heavy atom. The van der Waals surface area contributed by atoms with Gasteiger partial charge in [0.05, 0.1) is 31.7 Å². The van der Waals surface area contributed by atoms with Crippen LogP contribution in [0.15, 0.2) is 35.5 Å². The molecule has 0 saturated carbocycles. The third-order valence-electron chi connectivity index (χ3n) is 3.19. The normalized spacial score (nSPS) is 10.2. The largest absolute Gasteiger partial charge is 0.496 e. The maximum Gasteiger partial charge on any atom is 0.149 e. The van der Waals surface area contributed by atoms with Crippen molar-refractivity contribution in [2.75, 3.05) is 14.2 Å². The minimum atomic E-state index is -0.538. The highest BCUT2D eigenvalue weighted by Crippen LogP contribution is 2.28. The Labute approximate surface area is 148 Å². The number of alkyl halides is 1. The standard InChI is InChI=1S/C17H19FN2O3.C2H6/c1-12-7-13(9-18)8-14(20-12)10-19-23-11-15-16(21-2)5-4-6-17(15)22-3;1-2/h4-8,10H,9,11H2,1-3H3;1-2H3/b19-10+;. The van der Waals surface area contributed by atoms with Gasteiger partial charge in [-0.3, -0.25) is 4.98 Å². The number of benzene rings is 1. The molecule has 1 aromatic carbocycles. The van der Waals surface area contributed by atoms with Gasteiger partial charge in [0.25, 0.3) is 0 Å². The fourth-order valence-electron chi connectivity index (χ4n) is 2.17. The van der Waals surface area contributed by atoms with E-state index in [1.165, 1.54) is 6.21 Å². The number of rotatable bonds is 7. The minimum absolute atomic E-state index is 0.186. The monoisotopic (exact) mass is 348 g/mol. The van der Waals surface area contributed by atoms with Crippen LogP contribution >= 0.6 is 0 Å². The van der Waals surface area contributed by atoms with Crippen molar-refractivity contribution in [2.45, 2.75) is 34.1 Å². The fraction of sp³-hybridized carbons (Fsp3) is 0.368. The summed E-state index contributed by atoms with van der Waals surface area (Å²) >= 11 is 0. The molecule has 2 rings (SSSR count). The summed E-state index contributed by atoms with van der Waals surface area (Å²) in [5.41, 5.74) is 2.60. The van der Waals surface area contributed by atoms with E-state index in [2.05, 4.69) is 10.1 Å². The third-order valence-corrected chi connectivity index (χ3v) is 3.19. The molecule has 0 aliphatic heterocycles. The molecule has 5 nitrogen and oxygen atoms in total. The van der Waals surface area contributed by atoms with Crippen LogP contribution in [0, 0.1) is 6.92 Å². The maximum atomic E-state index is 12.7. The van der Waals surface area contributed by atoms with Crippen molar-refractivity contribution in [3.63, 3.8) is 0 Å². The van der Waals surface area contributed by atoms with Gasteiger partial charge in [0, 0.05) is 5.69 Å². The number of oxime groups is 1.